The third kappa shape index (κ3) is 2.92. The zero-order valence-electron chi connectivity index (χ0n) is 11.0. The number of aromatic nitrogens is 1. The molecule has 1 aromatic carbocycles. The molecule has 1 aromatic heterocycles. The number of rotatable bonds is 3. The van der Waals surface area contributed by atoms with Crippen LogP contribution in [0.1, 0.15) is 19.3 Å². The van der Waals surface area contributed by atoms with E-state index in [4.69, 9.17) is 11.6 Å². The van der Waals surface area contributed by atoms with E-state index in [1.165, 1.54) is 0 Å². The predicted octanol–water partition coefficient (Wildman–Crippen LogP) is 2.97. The first-order chi connectivity index (χ1) is 9.72. The lowest BCUT2D eigenvalue weighted by atomic mass is 10.1. The van der Waals surface area contributed by atoms with Crippen LogP contribution in [0, 0.1) is 0 Å². The van der Waals surface area contributed by atoms with Crippen molar-refractivity contribution in [3.05, 3.63) is 35.5 Å². The number of pyridine rings is 1. The maximum atomic E-state index is 12.1. The van der Waals surface area contributed by atoms with Gasteiger partial charge < -0.3 is 10.6 Å². The van der Waals surface area contributed by atoms with Gasteiger partial charge in [-0.05, 0) is 37.6 Å². The van der Waals surface area contributed by atoms with Crippen LogP contribution >= 0.6 is 11.6 Å². The molecule has 1 aliphatic rings. The second-order valence-electron chi connectivity index (χ2n) is 5.07. The Morgan fingerprint density at radius 2 is 2.40 bits per heavy atom. The highest BCUT2D eigenvalue weighted by atomic mass is 35.5. The Kier molecular flexibility index (Phi) is 3.85. The van der Waals surface area contributed by atoms with E-state index in [1.807, 2.05) is 18.2 Å². The number of anilines is 1. The van der Waals surface area contributed by atoms with Gasteiger partial charge >= 0.3 is 0 Å². The summed E-state index contributed by atoms with van der Waals surface area (Å²) in [4.78, 5) is 16.4. The number of amides is 1. The van der Waals surface area contributed by atoms with Crippen molar-refractivity contribution in [2.45, 2.75) is 25.3 Å². The number of carbonyl (C=O) groups is 1. The van der Waals surface area contributed by atoms with Gasteiger partial charge in [-0.15, -0.1) is 0 Å². The van der Waals surface area contributed by atoms with E-state index in [2.05, 4.69) is 15.6 Å². The molecule has 20 heavy (non-hydrogen) atoms. The molecule has 1 unspecified atom stereocenters. The summed E-state index contributed by atoms with van der Waals surface area (Å²) in [6, 6.07) is 7.66. The SMILES string of the molecule is O=C(CC1CCCN1)Nc1cc(Cl)cc2cccnc12. The molecule has 1 amide bonds. The molecule has 0 saturated carbocycles. The summed E-state index contributed by atoms with van der Waals surface area (Å²) < 4.78 is 0. The van der Waals surface area contributed by atoms with Crippen LogP contribution in [0.4, 0.5) is 5.69 Å². The monoisotopic (exact) mass is 289 g/mol. The van der Waals surface area contributed by atoms with Crippen LogP contribution in [0.3, 0.4) is 0 Å². The molecule has 0 aliphatic carbocycles. The van der Waals surface area contributed by atoms with Crippen molar-refractivity contribution in [3.8, 4) is 0 Å². The number of nitrogens with one attached hydrogen (secondary N) is 2. The van der Waals surface area contributed by atoms with Crippen LogP contribution in [0.15, 0.2) is 30.5 Å². The van der Waals surface area contributed by atoms with E-state index in [0.717, 1.165) is 30.3 Å². The molecular formula is C15H16ClN3O. The zero-order valence-corrected chi connectivity index (χ0v) is 11.8. The molecule has 0 bridgehead atoms. The number of halogens is 1. The Hall–Kier alpha value is -1.65. The van der Waals surface area contributed by atoms with Crippen molar-refractivity contribution >= 4 is 34.1 Å². The maximum Gasteiger partial charge on any atom is 0.225 e. The molecule has 2 aromatic rings. The molecule has 1 saturated heterocycles. The first-order valence-corrected chi connectivity index (χ1v) is 7.18. The van der Waals surface area contributed by atoms with Crippen LogP contribution in [-0.4, -0.2) is 23.5 Å². The Morgan fingerprint density at radius 1 is 1.50 bits per heavy atom. The molecule has 2 N–H and O–H groups in total. The highest BCUT2D eigenvalue weighted by Crippen LogP contribution is 2.26. The van der Waals surface area contributed by atoms with Crippen molar-refractivity contribution in [1.29, 1.82) is 0 Å². The molecule has 1 fully saturated rings. The summed E-state index contributed by atoms with van der Waals surface area (Å²) >= 11 is 6.09. The Bertz CT molecular complexity index is 638. The predicted molar refractivity (Wildman–Crippen MR) is 81.0 cm³/mol. The third-order valence-corrected chi connectivity index (χ3v) is 3.76. The van der Waals surface area contributed by atoms with Gasteiger partial charge in [0, 0.05) is 29.1 Å². The standard InChI is InChI=1S/C15H16ClN3O/c16-11-7-10-3-1-6-18-15(10)13(8-11)19-14(20)9-12-4-2-5-17-12/h1,3,6-8,12,17H,2,4-5,9H2,(H,19,20). The second kappa shape index (κ2) is 5.77. The lowest BCUT2D eigenvalue weighted by Crippen LogP contribution is -2.27. The minimum absolute atomic E-state index is 0.00128. The van der Waals surface area contributed by atoms with Crippen LogP contribution in [0.2, 0.25) is 5.02 Å². The second-order valence-corrected chi connectivity index (χ2v) is 5.51. The normalized spacial score (nSPS) is 18.4. The molecule has 0 radical (unpaired) electrons. The van der Waals surface area contributed by atoms with E-state index in [9.17, 15) is 4.79 Å². The van der Waals surface area contributed by atoms with E-state index >= 15 is 0 Å². The average molecular weight is 290 g/mol. The van der Waals surface area contributed by atoms with Crippen molar-refractivity contribution in [3.63, 3.8) is 0 Å². The Balaban J connectivity index is 1.81. The smallest absolute Gasteiger partial charge is 0.225 e. The fourth-order valence-electron chi connectivity index (χ4n) is 2.61. The van der Waals surface area contributed by atoms with Gasteiger partial charge in [0.1, 0.15) is 0 Å². The van der Waals surface area contributed by atoms with E-state index < -0.39 is 0 Å². The largest absolute Gasteiger partial charge is 0.324 e. The van der Waals surface area contributed by atoms with Gasteiger partial charge in [0.2, 0.25) is 5.91 Å². The Morgan fingerprint density at radius 3 is 3.20 bits per heavy atom. The number of hydrogen-bond donors (Lipinski definition) is 2. The first-order valence-electron chi connectivity index (χ1n) is 6.80. The van der Waals surface area contributed by atoms with Crippen molar-refractivity contribution < 1.29 is 4.79 Å². The molecule has 3 rings (SSSR count). The van der Waals surface area contributed by atoms with Gasteiger partial charge in [-0.1, -0.05) is 17.7 Å². The summed E-state index contributed by atoms with van der Waals surface area (Å²) in [6.07, 6.45) is 4.40. The summed E-state index contributed by atoms with van der Waals surface area (Å²) in [5, 5.41) is 7.77. The lowest BCUT2D eigenvalue weighted by molar-refractivity contribution is -0.116. The summed E-state index contributed by atoms with van der Waals surface area (Å²) in [7, 11) is 0. The van der Waals surface area contributed by atoms with E-state index in [-0.39, 0.29) is 11.9 Å². The third-order valence-electron chi connectivity index (χ3n) is 3.54. The zero-order chi connectivity index (χ0) is 13.9. The summed E-state index contributed by atoms with van der Waals surface area (Å²) in [5.41, 5.74) is 1.45. The maximum absolute atomic E-state index is 12.1. The molecule has 1 aliphatic heterocycles. The number of benzene rings is 1. The fraction of sp³-hybridized carbons (Fsp3) is 0.333. The summed E-state index contributed by atoms with van der Waals surface area (Å²) in [5.74, 6) is -0.00128. The van der Waals surface area contributed by atoms with Crippen molar-refractivity contribution in [2.24, 2.45) is 0 Å². The van der Waals surface area contributed by atoms with Crippen LogP contribution in [0.5, 0.6) is 0 Å². The lowest BCUT2D eigenvalue weighted by Gasteiger charge is -2.12. The average Bonchev–Trinajstić information content (AvgIpc) is 2.91. The molecule has 2 heterocycles. The van der Waals surface area contributed by atoms with E-state index in [0.29, 0.717) is 17.1 Å². The molecule has 1 atom stereocenters. The molecule has 104 valence electrons. The van der Waals surface area contributed by atoms with E-state index in [1.54, 1.807) is 12.3 Å². The topological polar surface area (TPSA) is 54.0 Å². The number of carbonyl (C=O) groups excluding carboxylic acids is 1. The minimum atomic E-state index is -0.00128. The van der Waals surface area contributed by atoms with Crippen molar-refractivity contribution in [1.82, 2.24) is 10.3 Å². The molecule has 0 spiro atoms. The minimum Gasteiger partial charge on any atom is -0.324 e. The van der Waals surface area contributed by atoms with Gasteiger partial charge in [0.15, 0.2) is 0 Å². The molecule has 5 heteroatoms. The molecule has 4 nitrogen and oxygen atoms in total. The Labute approximate surface area is 122 Å². The number of fused-ring (bicyclic) bond motifs is 1. The molecular weight excluding hydrogens is 274 g/mol. The van der Waals surface area contributed by atoms with Gasteiger partial charge in [0.25, 0.3) is 0 Å². The quantitative estimate of drug-likeness (QED) is 0.913. The van der Waals surface area contributed by atoms with Gasteiger partial charge in [-0.3, -0.25) is 9.78 Å². The highest BCUT2D eigenvalue weighted by molar-refractivity contribution is 6.32. The highest BCUT2D eigenvalue weighted by Gasteiger charge is 2.18. The van der Waals surface area contributed by atoms with Gasteiger partial charge in [0.05, 0.1) is 11.2 Å². The number of hydrogen-bond acceptors (Lipinski definition) is 3. The first kappa shape index (κ1) is 13.3. The van der Waals surface area contributed by atoms with Crippen LogP contribution in [0.25, 0.3) is 10.9 Å². The summed E-state index contributed by atoms with van der Waals surface area (Å²) in [6.45, 7) is 1.000. The van der Waals surface area contributed by atoms with Crippen LogP contribution in [-0.2, 0) is 4.79 Å². The fourth-order valence-corrected chi connectivity index (χ4v) is 2.83. The van der Waals surface area contributed by atoms with Gasteiger partial charge in [-0.2, -0.15) is 0 Å². The van der Waals surface area contributed by atoms with Crippen LogP contribution < -0.4 is 10.6 Å². The number of nitrogens with zero attached hydrogens (tertiary/aromatic N) is 1. The van der Waals surface area contributed by atoms with Gasteiger partial charge in [-0.25, -0.2) is 0 Å². The van der Waals surface area contributed by atoms with Crippen molar-refractivity contribution in [2.75, 3.05) is 11.9 Å².